The van der Waals surface area contributed by atoms with Gasteiger partial charge < -0.3 is 19.7 Å². The maximum absolute atomic E-state index is 12.8. The van der Waals surface area contributed by atoms with Crippen LogP contribution in [0.2, 0.25) is 5.15 Å². The molecule has 2 atom stereocenters. The molecule has 3 heterocycles. The number of ether oxygens (including phenoxy) is 2. The number of rotatable bonds is 6. The minimum atomic E-state index is -3.73. The molecule has 3 rings (SSSR count). The molecule has 0 bridgehead atoms. The Kier molecular flexibility index (Phi) is 8.49. The van der Waals surface area contributed by atoms with Crippen LogP contribution in [0.25, 0.3) is 11.4 Å². The number of amides is 2. The van der Waals surface area contributed by atoms with Crippen molar-refractivity contribution in [3.63, 3.8) is 0 Å². The highest BCUT2D eigenvalue weighted by Gasteiger charge is 2.35. The molecule has 12 nitrogen and oxygen atoms in total. The zero-order chi connectivity index (χ0) is 26.7. The molecule has 14 heteroatoms. The lowest BCUT2D eigenvalue weighted by Crippen LogP contribution is -2.50. The van der Waals surface area contributed by atoms with E-state index in [2.05, 4.69) is 20.3 Å². The predicted octanol–water partition coefficient (Wildman–Crippen LogP) is 2.20. The first-order chi connectivity index (χ1) is 16.7. The van der Waals surface area contributed by atoms with Gasteiger partial charge in [-0.05, 0) is 44.5 Å². The molecule has 36 heavy (non-hydrogen) atoms. The van der Waals surface area contributed by atoms with Crippen LogP contribution in [0.15, 0.2) is 24.5 Å². The highest BCUT2D eigenvalue weighted by molar-refractivity contribution is 7.85. The molecule has 1 saturated heterocycles. The van der Waals surface area contributed by atoms with Crippen LogP contribution in [0.3, 0.4) is 0 Å². The number of aromatic nitrogens is 3. The van der Waals surface area contributed by atoms with Crippen molar-refractivity contribution in [1.82, 2.24) is 25.2 Å². The first kappa shape index (κ1) is 27.7. The van der Waals surface area contributed by atoms with Crippen LogP contribution < -0.4 is 5.32 Å². The molecular weight excluding hydrogens is 514 g/mol. The Morgan fingerprint density at radius 1 is 1.19 bits per heavy atom. The van der Waals surface area contributed by atoms with Gasteiger partial charge in [0.25, 0.3) is 16.0 Å². The van der Waals surface area contributed by atoms with Gasteiger partial charge >= 0.3 is 6.09 Å². The summed E-state index contributed by atoms with van der Waals surface area (Å²) in [6, 6.07) is 4.71. The van der Waals surface area contributed by atoms with E-state index >= 15 is 0 Å². The van der Waals surface area contributed by atoms with Crippen LogP contribution in [0.4, 0.5) is 4.79 Å². The van der Waals surface area contributed by atoms with Gasteiger partial charge in [-0.25, -0.2) is 19.7 Å². The van der Waals surface area contributed by atoms with Crippen LogP contribution in [0.1, 0.15) is 42.9 Å². The van der Waals surface area contributed by atoms with Crippen molar-refractivity contribution < 1.29 is 31.7 Å². The van der Waals surface area contributed by atoms with Crippen LogP contribution in [-0.4, -0.2) is 85.0 Å². The highest BCUT2D eigenvalue weighted by Crippen LogP contribution is 2.30. The van der Waals surface area contributed by atoms with Crippen molar-refractivity contribution in [1.29, 1.82) is 0 Å². The van der Waals surface area contributed by atoms with E-state index in [1.54, 1.807) is 32.9 Å². The molecule has 1 fully saturated rings. The summed E-state index contributed by atoms with van der Waals surface area (Å²) in [6.45, 7) is 5.12. The summed E-state index contributed by atoms with van der Waals surface area (Å²) in [5, 5.41) is 2.62. The molecule has 196 valence electrons. The van der Waals surface area contributed by atoms with Gasteiger partial charge in [-0.2, -0.15) is 8.42 Å². The van der Waals surface area contributed by atoms with Gasteiger partial charge in [-0.3, -0.25) is 8.98 Å². The number of hydrogen-bond acceptors (Lipinski definition) is 10. The van der Waals surface area contributed by atoms with Crippen molar-refractivity contribution in [2.45, 2.75) is 38.6 Å². The maximum Gasteiger partial charge on any atom is 0.410 e. The van der Waals surface area contributed by atoms with Gasteiger partial charge in [0.1, 0.15) is 35.0 Å². The number of morpholine rings is 1. The first-order valence-electron chi connectivity index (χ1n) is 10.9. The summed E-state index contributed by atoms with van der Waals surface area (Å²) >= 11 is 6.29. The predicted molar refractivity (Wildman–Crippen MR) is 130 cm³/mol. The number of hydrogen-bond donors (Lipinski definition) is 1. The van der Waals surface area contributed by atoms with E-state index < -0.39 is 39.9 Å². The standard InChI is InChI=1S/C22H28ClN5O7S/c1-22(2,3)35-21(30)28-9-14(11-33-36(5,31)32)34-18(10-28)13-6-16(27-19(23)7-13)15-8-17(20(29)24-4)26-12-25-15/h6-8,12,14,18H,9-11H2,1-5H3,(H,24,29)/t14-,18-/m0/s1. The summed E-state index contributed by atoms with van der Waals surface area (Å²) in [6.07, 6.45) is 0.121. The lowest BCUT2D eigenvalue weighted by atomic mass is 10.1. The Labute approximate surface area is 214 Å². The second-order valence-electron chi connectivity index (χ2n) is 9.10. The molecule has 2 amide bonds. The molecule has 0 radical (unpaired) electrons. The van der Waals surface area contributed by atoms with Crippen molar-refractivity contribution in [3.05, 3.63) is 40.9 Å². The third-order valence-corrected chi connectivity index (χ3v) is 5.62. The van der Waals surface area contributed by atoms with Crippen LogP contribution in [0.5, 0.6) is 0 Å². The molecule has 0 saturated carbocycles. The largest absolute Gasteiger partial charge is 0.444 e. The summed E-state index contributed by atoms with van der Waals surface area (Å²) in [4.78, 5) is 38.6. The third-order valence-electron chi connectivity index (χ3n) is 4.86. The van der Waals surface area contributed by atoms with Crippen LogP contribution in [0, 0.1) is 0 Å². The van der Waals surface area contributed by atoms with E-state index in [4.69, 9.17) is 25.3 Å². The zero-order valence-corrected chi connectivity index (χ0v) is 22.1. The van der Waals surface area contributed by atoms with E-state index in [-0.39, 0.29) is 30.5 Å². The first-order valence-corrected chi connectivity index (χ1v) is 13.1. The molecule has 2 aromatic rings. The van der Waals surface area contributed by atoms with E-state index in [0.29, 0.717) is 17.0 Å². The summed E-state index contributed by atoms with van der Waals surface area (Å²) in [5.74, 6) is -0.391. The summed E-state index contributed by atoms with van der Waals surface area (Å²) in [7, 11) is -2.24. The van der Waals surface area contributed by atoms with Gasteiger partial charge in [0, 0.05) is 7.05 Å². The van der Waals surface area contributed by atoms with Crippen LogP contribution in [-0.2, 0) is 23.8 Å². The Bertz CT molecular complexity index is 1240. The number of pyridine rings is 1. The fraction of sp³-hybridized carbons (Fsp3) is 0.500. The summed E-state index contributed by atoms with van der Waals surface area (Å²) < 4.78 is 39.5. The van der Waals surface area contributed by atoms with Crippen LogP contribution >= 0.6 is 11.6 Å². The van der Waals surface area contributed by atoms with Crippen molar-refractivity contribution >= 4 is 33.7 Å². The number of halogens is 1. The molecule has 0 spiro atoms. The van der Waals surface area contributed by atoms with Crippen molar-refractivity contribution in [3.8, 4) is 11.4 Å². The Hall–Kier alpha value is -2.87. The number of nitrogens with one attached hydrogen (secondary N) is 1. The second kappa shape index (κ2) is 11.0. The average Bonchev–Trinajstić information content (AvgIpc) is 2.80. The normalized spacial score (nSPS) is 18.6. The summed E-state index contributed by atoms with van der Waals surface area (Å²) in [5.41, 5.74) is 0.680. The van der Waals surface area contributed by atoms with Gasteiger partial charge in [0.2, 0.25) is 0 Å². The van der Waals surface area contributed by atoms with Crippen molar-refractivity contribution in [2.75, 3.05) is 33.0 Å². The lowest BCUT2D eigenvalue weighted by Gasteiger charge is -2.38. The maximum atomic E-state index is 12.8. The van der Waals surface area contributed by atoms with E-state index in [1.165, 1.54) is 24.3 Å². The quantitative estimate of drug-likeness (QED) is 0.425. The van der Waals surface area contributed by atoms with Gasteiger partial charge in [-0.1, -0.05) is 11.6 Å². The molecule has 0 aliphatic carbocycles. The van der Waals surface area contributed by atoms with E-state index in [0.717, 1.165) is 6.26 Å². The minimum Gasteiger partial charge on any atom is -0.444 e. The Balaban J connectivity index is 1.93. The molecule has 1 aliphatic heterocycles. The smallest absolute Gasteiger partial charge is 0.410 e. The van der Waals surface area contributed by atoms with Crippen molar-refractivity contribution in [2.24, 2.45) is 0 Å². The zero-order valence-electron chi connectivity index (χ0n) is 20.5. The van der Waals surface area contributed by atoms with E-state index in [1.807, 2.05) is 0 Å². The molecular formula is C22H28ClN5O7S. The fourth-order valence-electron chi connectivity index (χ4n) is 3.37. The number of carbonyl (C=O) groups is 2. The van der Waals surface area contributed by atoms with Gasteiger partial charge in [0.05, 0.1) is 37.3 Å². The molecule has 1 N–H and O–H groups in total. The number of nitrogens with zero attached hydrogens (tertiary/aromatic N) is 4. The highest BCUT2D eigenvalue weighted by atomic mass is 35.5. The fourth-order valence-corrected chi connectivity index (χ4v) is 3.99. The van der Waals surface area contributed by atoms with E-state index in [9.17, 15) is 18.0 Å². The van der Waals surface area contributed by atoms with Gasteiger partial charge in [0.15, 0.2) is 0 Å². The van der Waals surface area contributed by atoms with Gasteiger partial charge in [-0.15, -0.1) is 0 Å². The lowest BCUT2D eigenvalue weighted by molar-refractivity contribution is -0.100. The third kappa shape index (κ3) is 7.82. The monoisotopic (exact) mass is 541 g/mol. The Morgan fingerprint density at radius 3 is 2.56 bits per heavy atom. The Morgan fingerprint density at radius 2 is 1.92 bits per heavy atom. The molecule has 2 aromatic heterocycles. The number of carbonyl (C=O) groups excluding carboxylic acids is 2. The average molecular weight is 542 g/mol. The molecule has 1 aliphatic rings. The minimum absolute atomic E-state index is 0.0635. The topological polar surface area (TPSA) is 150 Å². The molecule has 0 aromatic carbocycles. The SMILES string of the molecule is CNC(=O)c1cc(-c2cc([C@@H]3CN(C(=O)OC(C)(C)C)C[C@@H](COS(C)(=O)=O)O3)cc(Cl)n2)ncn1. The second-order valence-corrected chi connectivity index (χ2v) is 11.1. The molecule has 0 unspecified atom stereocenters.